The van der Waals surface area contributed by atoms with Crippen molar-refractivity contribution in [1.29, 1.82) is 0 Å². The molecule has 214 valence electrons. The van der Waals surface area contributed by atoms with Crippen LogP contribution in [0.2, 0.25) is 0 Å². The van der Waals surface area contributed by atoms with Crippen molar-refractivity contribution < 1.29 is 93.3 Å². The molecule has 1 N–H and O–H groups in total. The van der Waals surface area contributed by atoms with Crippen LogP contribution in [0, 0.1) is 34.9 Å². The zero-order chi connectivity index (χ0) is 30.4. The Labute approximate surface area is 193 Å². The number of carboxylic acids is 1. The zero-order valence-corrected chi connectivity index (χ0v) is 16.5. The van der Waals surface area contributed by atoms with Gasteiger partial charge in [0.05, 0.1) is 16.5 Å². The molecule has 0 radical (unpaired) electrons. The van der Waals surface area contributed by atoms with Gasteiger partial charge in [0.2, 0.25) is 0 Å². The van der Waals surface area contributed by atoms with Crippen LogP contribution in [-0.2, 0) is 5.92 Å². The Morgan fingerprint density at radius 3 is 1.18 bits per heavy atom. The van der Waals surface area contributed by atoms with E-state index >= 15 is 0 Å². The summed E-state index contributed by atoms with van der Waals surface area (Å²) in [6.07, 6.45) is -7.85. The van der Waals surface area contributed by atoms with Gasteiger partial charge in [-0.15, -0.1) is 0 Å². The monoisotopic (exact) mass is 598 g/mol. The number of aromatic carboxylic acids is 1. The van der Waals surface area contributed by atoms with Gasteiger partial charge in [0.25, 0.3) is 0 Å². The first-order valence-corrected chi connectivity index (χ1v) is 8.52. The lowest BCUT2D eigenvalue weighted by molar-refractivity contribution is -0.441. The highest BCUT2D eigenvalue weighted by atomic mass is 19.4. The normalized spacial score (nSPS) is 14.4. The third-order valence-corrected chi connectivity index (χ3v) is 4.86. The standard InChI is InChI=1S/C17HF19O2/c18-5-1-2(11(37)38)4(8(21)6(19)3(1)7(20)10(23)9(5)22)12(24,25)13(26,27)14(28,29)15(30,31)16(32,33)17(34,35)36/h(H,37,38). The molecule has 0 heterocycles. The van der Waals surface area contributed by atoms with E-state index in [2.05, 4.69) is 0 Å². The summed E-state index contributed by atoms with van der Waals surface area (Å²) in [4.78, 5) is 11.3. The van der Waals surface area contributed by atoms with Crippen LogP contribution < -0.4 is 0 Å². The maximum atomic E-state index is 14.5. The van der Waals surface area contributed by atoms with Gasteiger partial charge in [0.15, 0.2) is 34.9 Å². The van der Waals surface area contributed by atoms with Crippen molar-refractivity contribution in [2.45, 2.75) is 35.8 Å². The summed E-state index contributed by atoms with van der Waals surface area (Å²) < 4.78 is 257. The molecule has 21 heteroatoms. The number of hydrogen-bond donors (Lipinski definition) is 1. The largest absolute Gasteiger partial charge is 0.478 e. The summed E-state index contributed by atoms with van der Waals surface area (Å²) in [6, 6.07) is 0. The van der Waals surface area contributed by atoms with Crippen molar-refractivity contribution in [1.82, 2.24) is 0 Å². The van der Waals surface area contributed by atoms with E-state index in [4.69, 9.17) is 5.11 Å². The Balaban J connectivity index is 3.13. The molecular weight excluding hydrogens is 597 g/mol. The summed E-state index contributed by atoms with van der Waals surface area (Å²) in [6.45, 7) is 0. The second kappa shape index (κ2) is 8.42. The van der Waals surface area contributed by atoms with E-state index in [0.717, 1.165) is 0 Å². The fraction of sp³-hybridized carbons (Fsp3) is 0.353. The van der Waals surface area contributed by atoms with Gasteiger partial charge < -0.3 is 5.11 Å². The average molecular weight is 598 g/mol. The summed E-state index contributed by atoms with van der Waals surface area (Å²) in [5, 5.41) is 3.22. The minimum absolute atomic E-state index is 2.76. The Morgan fingerprint density at radius 2 is 0.816 bits per heavy atom. The van der Waals surface area contributed by atoms with Crippen LogP contribution in [0.5, 0.6) is 0 Å². The number of rotatable bonds is 6. The first kappa shape index (κ1) is 31.1. The van der Waals surface area contributed by atoms with Crippen molar-refractivity contribution in [3.63, 3.8) is 0 Å². The third-order valence-electron chi connectivity index (χ3n) is 4.86. The second-order valence-corrected chi connectivity index (χ2v) is 7.06. The number of hydrogen-bond acceptors (Lipinski definition) is 1. The number of fused-ring (bicyclic) bond motifs is 1. The van der Waals surface area contributed by atoms with Crippen LogP contribution >= 0.6 is 0 Å². The summed E-state index contributed by atoms with van der Waals surface area (Å²) in [7, 11) is 0. The van der Waals surface area contributed by atoms with Gasteiger partial charge >= 0.3 is 41.8 Å². The van der Waals surface area contributed by atoms with Gasteiger partial charge in [-0.1, -0.05) is 0 Å². The molecule has 2 aromatic carbocycles. The van der Waals surface area contributed by atoms with E-state index in [0.29, 0.717) is 0 Å². The molecule has 0 fully saturated rings. The van der Waals surface area contributed by atoms with Crippen molar-refractivity contribution in [2.24, 2.45) is 0 Å². The number of alkyl halides is 13. The first-order valence-electron chi connectivity index (χ1n) is 8.52. The molecule has 0 aliphatic heterocycles. The SMILES string of the molecule is O=C(O)c1c(C(F)(F)C(F)(F)C(F)(F)C(F)(F)C(F)(F)C(F)(F)F)c(F)c(F)c2c(F)c(F)c(F)c(F)c12. The van der Waals surface area contributed by atoms with Gasteiger partial charge in [0, 0.05) is 5.39 Å². The van der Waals surface area contributed by atoms with Gasteiger partial charge in [-0.25, -0.2) is 31.1 Å². The molecule has 38 heavy (non-hydrogen) atoms. The van der Waals surface area contributed by atoms with E-state index < -0.39 is 98.6 Å². The predicted octanol–water partition coefficient (Wildman–Crippen LogP) is 7.57. The fourth-order valence-corrected chi connectivity index (χ4v) is 2.96. The fourth-order valence-electron chi connectivity index (χ4n) is 2.96. The average Bonchev–Trinajstić information content (AvgIpc) is 2.75. The van der Waals surface area contributed by atoms with E-state index in [1.165, 1.54) is 0 Å². The summed E-state index contributed by atoms with van der Waals surface area (Å²) in [5.41, 5.74) is -7.53. The highest BCUT2D eigenvalue weighted by Gasteiger charge is 2.91. The molecule has 0 saturated carbocycles. The molecule has 0 saturated heterocycles. The van der Waals surface area contributed by atoms with E-state index in [1.54, 1.807) is 0 Å². The molecule has 2 aromatic rings. The molecule has 0 bridgehead atoms. The van der Waals surface area contributed by atoms with Crippen LogP contribution in [-0.4, -0.2) is 40.9 Å². The van der Waals surface area contributed by atoms with E-state index in [1.807, 2.05) is 0 Å². The van der Waals surface area contributed by atoms with Gasteiger partial charge in [0.1, 0.15) is 0 Å². The molecule has 0 aromatic heterocycles. The Kier molecular flexibility index (Phi) is 6.88. The lowest BCUT2D eigenvalue weighted by Crippen LogP contribution is -2.69. The van der Waals surface area contributed by atoms with Crippen molar-refractivity contribution in [2.75, 3.05) is 0 Å². The van der Waals surface area contributed by atoms with Crippen LogP contribution in [0.1, 0.15) is 15.9 Å². The minimum atomic E-state index is -8.63. The van der Waals surface area contributed by atoms with Gasteiger partial charge in [-0.3, -0.25) is 0 Å². The third kappa shape index (κ3) is 3.62. The number of carbonyl (C=O) groups is 1. The summed E-state index contributed by atoms with van der Waals surface area (Å²) in [5.74, 6) is -65.5. The van der Waals surface area contributed by atoms with Crippen molar-refractivity contribution in [3.8, 4) is 0 Å². The molecule has 0 amide bonds. The maximum absolute atomic E-state index is 14.5. The smallest absolute Gasteiger partial charge is 0.460 e. The topological polar surface area (TPSA) is 37.3 Å². The van der Waals surface area contributed by atoms with Gasteiger partial charge in [-0.2, -0.15) is 57.1 Å². The Hall–Kier alpha value is -3.16. The van der Waals surface area contributed by atoms with Crippen LogP contribution in [0.3, 0.4) is 0 Å². The van der Waals surface area contributed by atoms with Crippen molar-refractivity contribution >= 4 is 16.7 Å². The van der Waals surface area contributed by atoms with Crippen LogP contribution in [0.15, 0.2) is 0 Å². The minimum Gasteiger partial charge on any atom is -0.478 e. The highest BCUT2D eigenvalue weighted by Crippen LogP contribution is 2.62. The molecule has 0 aliphatic carbocycles. The first-order chi connectivity index (χ1) is 16.7. The maximum Gasteiger partial charge on any atom is 0.460 e. The van der Waals surface area contributed by atoms with Crippen molar-refractivity contribution in [3.05, 3.63) is 46.0 Å². The van der Waals surface area contributed by atoms with Crippen LogP contribution in [0.25, 0.3) is 10.8 Å². The molecule has 2 rings (SSSR count). The second-order valence-electron chi connectivity index (χ2n) is 7.06. The highest BCUT2D eigenvalue weighted by molar-refractivity contribution is 6.06. The Morgan fingerprint density at radius 1 is 0.474 bits per heavy atom. The molecule has 0 atom stereocenters. The molecule has 0 unspecified atom stereocenters. The lowest BCUT2D eigenvalue weighted by atomic mass is 9.86. The van der Waals surface area contributed by atoms with Crippen LogP contribution in [0.4, 0.5) is 83.4 Å². The van der Waals surface area contributed by atoms with E-state index in [-0.39, 0.29) is 0 Å². The summed E-state index contributed by atoms with van der Waals surface area (Å²) >= 11 is 0. The lowest BCUT2D eigenvalue weighted by Gasteiger charge is -2.40. The zero-order valence-electron chi connectivity index (χ0n) is 16.5. The molecule has 0 spiro atoms. The Bertz CT molecular complexity index is 1320. The number of benzene rings is 2. The number of halogens is 19. The predicted molar refractivity (Wildman–Crippen MR) is 80.4 cm³/mol. The van der Waals surface area contributed by atoms with Gasteiger partial charge in [-0.05, 0) is 0 Å². The quantitative estimate of drug-likeness (QED) is 0.212. The molecule has 2 nitrogen and oxygen atoms in total. The van der Waals surface area contributed by atoms with E-state index in [9.17, 15) is 88.2 Å². The molecular formula is C17HF19O2. The number of carboxylic acid groups (broad SMARTS) is 1. The molecule has 0 aliphatic rings.